The van der Waals surface area contributed by atoms with E-state index in [9.17, 15) is 4.79 Å². The fourth-order valence-corrected chi connectivity index (χ4v) is 2.98. The van der Waals surface area contributed by atoms with E-state index in [1.165, 1.54) is 16.7 Å². The number of furan rings is 1. The summed E-state index contributed by atoms with van der Waals surface area (Å²) in [6.45, 7) is 0. The molecule has 118 valence electrons. The molecule has 7 heteroatoms. The molecule has 0 unspecified atom stereocenters. The Morgan fingerprint density at radius 2 is 2.22 bits per heavy atom. The van der Waals surface area contributed by atoms with Gasteiger partial charge in [0, 0.05) is 6.08 Å². The standard InChI is InChI=1S/C16H13ClN2O3S/c1-21-14-6-5-10(8-12(14)17)19-15(20)13(18-16(19)23-2)9-11-4-3-7-22-11/h3-9H,1-2H3/b13-9+. The molecule has 0 saturated heterocycles. The van der Waals surface area contributed by atoms with E-state index in [1.807, 2.05) is 6.26 Å². The summed E-state index contributed by atoms with van der Waals surface area (Å²) in [4.78, 5) is 18.6. The van der Waals surface area contributed by atoms with E-state index in [-0.39, 0.29) is 5.91 Å². The number of nitrogens with zero attached hydrogens (tertiary/aromatic N) is 2. The molecule has 0 fully saturated rings. The second kappa shape index (κ2) is 6.52. The van der Waals surface area contributed by atoms with Gasteiger partial charge >= 0.3 is 0 Å². The number of anilines is 1. The van der Waals surface area contributed by atoms with Crippen LogP contribution in [0.5, 0.6) is 5.75 Å². The average Bonchev–Trinajstić information content (AvgIpc) is 3.16. The lowest BCUT2D eigenvalue weighted by molar-refractivity contribution is -0.113. The Balaban J connectivity index is 1.98. The number of rotatable bonds is 3. The van der Waals surface area contributed by atoms with Gasteiger partial charge in [0.05, 0.1) is 24.1 Å². The predicted octanol–water partition coefficient (Wildman–Crippen LogP) is 4.05. The number of carbonyl (C=O) groups is 1. The molecule has 23 heavy (non-hydrogen) atoms. The van der Waals surface area contributed by atoms with Crippen molar-refractivity contribution in [2.24, 2.45) is 4.99 Å². The van der Waals surface area contributed by atoms with Crippen molar-refractivity contribution in [2.75, 3.05) is 18.3 Å². The quantitative estimate of drug-likeness (QED) is 0.785. The second-order valence-corrected chi connectivity index (χ2v) is 5.78. The van der Waals surface area contributed by atoms with E-state index in [4.69, 9.17) is 20.8 Å². The first-order valence-electron chi connectivity index (χ1n) is 6.70. The molecule has 1 aromatic carbocycles. The predicted molar refractivity (Wildman–Crippen MR) is 93.1 cm³/mol. The van der Waals surface area contributed by atoms with Crippen molar-refractivity contribution >= 4 is 46.2 Å². The average molecular weight is 349 g/mol. The molecule has 3 rings (SSSR count). The van der Waals surface area contributed by atoms with Gasteiger partial charge in [-0.25, -0.2) is 4.99 Å². The first-order chi connectivity index (χ1) is 11.1. The Kier molecular flexibility index (Phi) is 4.45. The lowest BCUT2D eigenvalue weighted by Gasteiger charge is -2.17. The van der Waals surface area contributed by atoms with Gasteiger partial charge in [0.2, 0.25) is 0 Å². The van der Waals surface area contributed by atoms with Crippen LogP contribution < -0.4 is 9.64 Å². The number of amidine groups is 1. The van der Waals surface area contributed by atoms with Crippen LogP contribution in [0.15, 0.2) is 51.7 Å². The Morgan fingerprint density at radius 1 is 1.39 bits per heavy atom. The van der Waals surface area contributed by atoms with Gasteiger partial charge in [-0.1, -0.05) is 23.4 Å². The zero-order valence-electron chi connectivity index (χ0n) is 12.4. The minimum atomic E-state index is -0.230. The fraction of sp³-hybridized carbons (Fsp3) is 0.125. The van der Waals surface area contributed by atoms with Crippen molar-refractivity contribution < 1.29 is 13.9 Å². The lowest BCUT2D eigenvalue weighted by Crippen LogP contribution is -2.30. The molecule has 0 saturated carbocycles. The van der Waals surface area contributed by atoms with Crippen molar-refractivity contribution in [1.29, 1.82) is 0 Å². The molecule has 1 aliphatic rings. The van der Waals surface area contributed by atoms with Crippen LogP contribution in [-0.2, 0) is 4.79 Å². The summed E-state index contributed by atoms with van der Waals surface area (Å²) in [6, 6.07) is 8.69. The van der Waals surface area contributed by atoms with Crippen LogP contribution in [0.1, 0.15) is 5.76 Å². The number of aliphatic imine (C=N–C) groups is 1. The smallest absolute Gasteiger partial charge is 0.283 e. The third-order valence-corrected chi connectivity index (χ3v) is 4.16. The van der Waals surface area contributed by atoms with Crippen LogP contribution >= 0.6 is 23.4 Å². The molecule has 2 heterocycles. The van der Waals surface area contributed by atoms with Gasteiger partial charge in [-0.2, -0.15) is 0 Å². The van der Waals surface area contributed by atoms with Crippen molar-refractivity contribution in [3.05, 3.63) is 53.1 Å². The Bertz CT molecular complexity index is 800. The third-order valence-electron chi connectivity index (χ3n) is 3.23. The lowest BCUT2D eigenvalue weighted by atomic mass is 10.2. The van der Waals surface area contributed by atoms with E-state index >= 15 is 0 Å². The summed E-state index contributed by atoms with van der Waals surface area (Å²) in [6.07, 6.45) is 5.02. The number of methoxy groups -OCH3 is 1. The molecular formula is C16H13ClN2O3S. The van der Waals surface area contributed by atoms with Gasteiger partial charge in [0.15, 0.2) is 5.17 Å². The molecule has 0 N–H and O–H groups in total. The highest BCUT2D eigenvalue weighted by atomic mass is 35.5. The van der Waals surface area contributed by atoms with E-state index in [1.54, 1.807) is 49.8 Å². The normalized spacial score (nSPS) is 16.1. The van der Waals surface area contributed by atoms with Gasteiger partial charge in [0.25, 0.3) is 5.91 Å². The molecule has 0 radical (unpaired) electrons. The minimum Gasteiger partial charge on any atom is -0.495 e. The van der Waals surface area contributed by atoms with Crippen LogP contribution in [0.3, 0.4) is 0 Å². The largest absolute Gasteiger partial charge is 0.495 e. The monoisotopic (exact) mass is 348 g/mol. The first kappa shape index (κ1) is 15.7. The van der Waals surface area contributed by atoms with Crippen LogP contribution in [0.4, 0.5) is 5.69 Å². The highest BCUT2D eigenvalue weighted by Crippen LogP contribution is 2.33. The van der Waals surface area contributed by atoms with Crippen LogP contribution in [0.25, 0.3) is 6.08 Å². The number of hydrogen-bond donors (Lipinski definition) is 0. The fourth-order valence-electron chi connectivity index (χ4n) is 2.16. The summed E-state index contributed by atoms with van der Waals surface area (Å²) in [5, 5.41) is 1.01. The highest BCUT2D eigenvalue weighted by Gasteiger charge is 2.31. The molecule has 0 bridgehead atoms. The number of thioether (sulfide) groups is 1. The zero-order chi connectivity index (χ0) is 16.4. The molecule has 0 spiro atoms. The molecule has 2 aromatic rings. The molecular weight excluding hydrogens is 336 g/mol. The van der Waals surface area contributed by atoms with Crippen molar-refractivity contribution in [2.45, 2.75) is 0 Å². The number of hydrogen-bond acceptors (Lipinski definition) is 5. The SMILES string of the molecule is COc1ccc(N2C(=O)/C(=C\c3ccco3)N=C2SC)cc1Cl. The van der Waals surface area contributed by atoms with Crippen LogP contribution in [0.2, 0.25) is 5.02 Å². The second-order valence-electron chi connectivity index (χ2n) is 4.60. The summed E-state index contributed by atoms with van der Waals surface area (Å²) >= 11 is 7.54. The summed E-state index contributed by atoms with van der Waals surface area (Å²) < 4.78 is 10.4. The van der Waals surface area contributed by atoms with E-state index in [0.717, 1.165) is 0 Å². The third kappa shape index (κ3) is 3.00. The maximum Gasteiger partial charge on any atom is 0.283 e. The van der Waals surface area contributed by atoms with Gasteiger partial charge in [-0.05, 0) is 36.6 Å². The van der Waals surface area contributed by atoms with Crippen LogP contribution in [-0.4, -0.2) is 24.4 Å². The number of halogens is 1. The van der Waals surface area contributed by atoms with Crippen molar-refractivity contribution in [3.8, 4) is 5.75 Å². The van der Waals surface area contributed by atoms with Gasteiger partial charge in [0.1, 0.15) is 17.2 Å². The topological polar surface area (TPSA) is 55.0 Å². The molecule has 1 aromatic heterocycles. The number of benzene rings is 1. The molecule has 5 nitrogen and oxygen atoms in total. The summed E-state index contributed by atoms with van der Waals surface area (Å²) in [7, 11) is 1.54. The van der Waals surface area contributed by atoms with Crippen molar-refractivity contribution in [3.63, 3.8) is 0 Å². The highest BCUT2D eigenvalue weighted by molar-refractivity contribution is 8.13. The first-order valence-corrected chi connectivity index (χ1v) is 8.30. The Morgan fingerprint density at radius 3 is 2.83 bits per heavy atom. The zero-order valence-corrected chi connectivity index (χ0v) is 14.0. The van der Waals surface area contributed by atoms with Gasteiger partial charge < -0.3 is 9.15 Å². The maximum atomic E-state index is 12.7. The summed E-state index contributed by atoms with van der Waals surface area (Å²) in [5.74, 6) is 0.898. The van der Waals surface area contributed by atoms with Crippen molar-refractivity contribution in [1.82, 2.24) is 0 Å². The van der Waals surface area contributed by atoms with E-state index in [2.05, 4.69) is 4.99 Å². The Labute approximate surface area is 142 Å². The Hall–Kier alpha value is -2.18. The molecule has 0 aliphatic carbocycles. The summed E-state index contributed by atoms with van der Waals surface area (Å²) in [5.41, 5.74) is 0.952. The minimum absolute atomic E-state index is 0.230. The van der Waals surface area contributed by atoms with Crippen LogP contribution in [0, 0.1) is 0 Å². The van der Waals surface area contributed by atoms with E-state index < -0.39 is 0 Å². The molecule has 0 atom stereocenters. The molecule has 1 aliphatic heterocycles. The van der Waals surface area contributed by atoms with Gasteiger partial charge in [-0.15, -0.1) is 0 Å². The number of amides is 1. The number of ether oxygens (including phenoxy) is 1. The van der Waals surface area contributed by atoms with E-state index in [0.29, 0.717) is 33.1 Å². The number of carbonyl (C=O) groups excluding carboxylic acids is 1. The molecule has 1 amide bonds. The van der Waals surface area contributed by atoms with Gasteiger partial charge in [-0.3, -0.25) is 9.69 Å². The maximum absolute atomic E-state index is 12.7.